The highest BCUT2D eigenvalue weighted by Crippen LogP contribution is 2.41. The Bertz CT molecular complexity index is 2810. The predicted molar refractivity (Wildman–Crippen MR) is 189 cm³/mol. The molecule has 8 aromatic carbocycles. The number of para-hydroxylation sites is 1. The van der Waals surface area contributed by atoms with Gasteiger partial charge in [-0.25, -0.2) is 9.97 Å². The highest BCUT2D eigenvalue weighted by molar-refractivity contribution is 6.29. The van der Waals surface area contributed by atoms with Crippen LogP contribution >= 0.6 is 0 Å². The van der Waals surface area contributed by atoms with Gasteiger partial charge < -0.3 is 0 Å². The van der Waals surface area contributed by atoms with Crippen LogP contribution in [-0.4, -0.2) is 14.5 Å². The zero-order valence-electron chi connectivity index (χ0n) is 24.3. The lowest BCUT2D eigenvalue weighted by Gasteiger charge is -2.13. The Morgan fingerprint density at radius 2 is 0.956 bits per heavy atom. The second-order valence-corrected chi connectivity index (χ2v) is 11.8. The Labute approximate surface area is 258 Å². The molecule has 0 bridgehead atoms. The summed E-state index contributed by atoms with van der Waals surface area (Å²) in [5, 5.41) is 13.3. The highest BCUT2D eigenvalue weighted by atomic mass is 15.2. The van der Waals surface area contributed by atoms with E-state index in [1.807, 2.05) is 6.07 Å². The van der Waals surface area contributed by atoms with E-state index in [1.54, 1.807) is 0 Å². The van der Waals surface area contributed by atoms with E-state index >= 15 is 0 Å². The Morgan fingerprint density at radius 1 is 0.356 bits per heavy atom. The van der Waals surface area contributed by atoms with E-state index in [9.17, 15) is 0 Å². The molecule has 0 amide bonds. The quantitative estimate of drug-likeness (QED) is 0.193. The molecule has 2 aromatic heterocycles. The average Bonchev–Trinajstić information content (AvgIpc) is 3.46. The summed E-state index contributed by atoms with van der Waals surface area (Å²) in [6.07, 6.45) is 0. The van der Waals surface area contributed by atoms with Crippen molar-refractivity contribution in [3.8, 4) is 17.2 Å². The molecule has 10 aromatic rings. The second kappa shape index (κ2) is 9.22. The lowest BCUT2D eigenvalue weighted by atomic mass is 9.94. The van der Waals surface area contributed by atoms with E-state index in [4.69, 9.17) is 9.97 Å². The summed E-state index contributed by atoms with van der Waals surface area (Å²) in [6, 6.07) is 54.2. The fourth-order valence-corrected chi connectivity index (χ4v) is 7.36. The first-order chi connectivity index (χ1) is 22.3. The molecule has 0 N–H and O–H groups in total. The van der Waals surface area contributed by atoms with Gasteiger partial charge in [-0.2, -0.15) is 0 Å². The molecule has 2 heterocycles. The Hall–Kier alpha value is -6.06. The number of fused-ring (bicyclic) bond motifs is 12. The predicted octanol–water partition coefficient (Wildman–Crippen LogP) is 11.0. The number of aromatic nitrogens is 3. The molecule has 0 aliphatic heterocycles. The highest BCUT2D eigenvalue weighted by Gasteiger charge is 2.20. The Morgan fingerprint density at radius 3 is 1.82 bits per heavy atom. The van der Waals surface area contributed by atoms with Crippen molar-refractivity contribution in [2.75, 3.05) is 0 Å². The number of hydrogen-bond donors (Lipinski definition) is 0. The maximum atomic E-state index is 5.36. The summed E-state index contributed by atoms with van der Waals surface area (Å²) in [5.74, 6) is 0.675. The van der Waals surface area contributed by atoms with Gasteiger partial charge in [0.2, 0.25) is 5.95 Å². The average molecular weight is 572 g/mol. The van der Waals surface area contributed by atoms with Crippen molar-refractivity contribution in [2.45, 2.75) is 0 Å². The minimum absolute atomic E-state index is 0.675. The maximum Gasteiger partial charge on any atom is 0.235 e. The molecule has 0 saturated heterocycles. The van der Waals surface area contributed by atoms with Gasteiger partial charge in [-0.1, -0.05) is 133 Å². The van der Waals surface area contributed by atoms with Crippen LogP contribution in [0.4, 0.5) is 0 Å². The number of nitrogens with zero attached hydrogens (tertiary/aromatic N) is 3. The van der Waals surface area contributed by atoms with E-state index in [0.29, 0.717) is 5.95 Å². The number of rotatable bonds is 2. The van der Waals surface area contributed by atoms with Gasteiger partial charge in [0.25, 0.3) is 0 Å². The molecule has 0 aliphatic carbocycles. The number of hydrogen-bond acceptors (Lipinski definition) is 2. The van der Waals surface area contributed by atoms with E-state index in [-0.39, 0.29) is 0 Å². The summed E-state index contributed by atoms with van der Waals surface area (Å²) in [7, 11) is 0. The van der Waals surface area contributed by atoms with Crippen molar-refractivity contribution in [1.82, 2.24) is 14.5 Å². The van der Waals surface area contributed by atoms with Gasteiger partial charge in [0.1, 0.15) is 0 Å². The van der Waals surface area contributed by atoms with Crippen LogP contribution in [-0.2, 0) is 0 Å². The molecular formula is C42H25N3. The van der Waals surface area contributed by atoms with E-state index in [1.165, 1.54) is 48.5 Å². The van der Waals surface area contributed by atoms with E-state index < -0.39 is 0 Å². The molecule has 45 heavy (non-hydrogen) atoms. The van der Waals surface area contributed by atoms with Crippen molar-refractivity contribution in [2.24, 2.45) is 0 Å². The molecule has 0 fully saturated rings. The topological polar surface area (TPSA) is 30.7 Å². The maximum absolute atomic E-state index is 5.36. The van der Waals surface area contributed by atoms with Crippen LogP contribution < -0.4 is 0 Å². The molecule has 10 rings (SSSR count). The lowest BCUT2D eigenvalue weighted by Crippen LogP contribution is -2.03. The molecule has 3 heteroatoms. The summed E-state index contributed by atoms with van der Waals surface area (Å²) < 4.78 is 2.26. The Balaban J connectivity index is 1.37. The van der Waals surface area contributed by atoms with Gasteiger partial charge in [0, 0.05) is 27.1 Å². The van der Waals surface area contributed by atoms with Gasteiger partial charge in [-0.15, -0.1) is 0 Å². The standard InChI is InChI=1S/C42H25N3/c1-2-12-29(13-3-1)40-35-23-20-27-11-5-7-15-31(27)41(35)44-42(43-40)45-36-17-9-8-16-34(36)39-33-22-21-28-19-18-26-10-4-6-14-30(26)38(28)32(33)24-25-37(39)45/h1-25H. The first kappa shape index (κ1) is 24.4. The first-order valence-corrected chi connectivity index (χ1v) is 15.4. The largest absolute Gasteiger partial charge is 0.278 e. The van der Waals surface area contributed by atoms with Crippen LogP contribution in [0.1, 0.15) is 0 Å². The van der Waals surface area contributed by atoms with Crippen molar-refractivity contribution < 1.29 is 0 Å². The minimum atomic E-state index is 0.675. The molecule has 3 nitrogen and oxygen atoms in total. The molecule has 0 unspecified atom stereocenters. The van der Waals surface area contributed by atoms with Gasteiger partial charge in [0.05, 0.1) is 22.2 Å². The normalized spacial score (nSPS) is 12.0. The molecule has 208 valence electrons. The third-order valence-corrected chi connectivity index (χ3v) is 9.37. The van der Waals surface area contributed by atoms with Crippen LogP contribution in [0.5, 0.6) is 0 Å². The molecule has 0 saturated carbocycles. The van der Waals surface area contributed by atoms with Crippen LogP contribution in [0.3, 0.4) is 0 Å². The smallest absolute Gasteiger partial charge is 0.235 e. The van der Waals surface area contributed by atoms with Gasteiger partial charge in [0.15, 0.2) is 0 Å². The van der Waals surface area contributed by atoms with E-state index in [0.717, 1.165) is 38.6 Å². The van der Waals surface area contributed by atoms with Crippen LogP contribution in [0.15, 0.2) is 152 Å². The molecule has 0 aliphatic rings. The summed E-state index contributed by atoms with van der Waals surface area (Å²) in [4.78, 5) is 10.7. The molecular weight excluding hydrogens is 546 g/mol. The summed E-state index contributed by atoms with van der Waals surface area (Å²) in [6.45, 7) is 0. The van der Waals surface area contributed by atoms with Gasteiger partial charge >= 0.3 is 0 Å². The van der Waals surface area contributed by atoms with Crippen molar-refractivity contribution in [3.63, 3.8) is 0 Å². The molecule has 0 atom stereocenters. The van der Waals surface area contributed by atoms with Crippen LogP contribution in [0, 0.1) is 0 Å². The van der Waals surface area contributed by atoms with Gasteiger partial charge in [-0.05, 0) is 55.9 Å². The van der Waals surface area contributed by atoms with Crippen LogP contribution in [0.2, 0.25) is 0 Å². The zero-order chi connectivity index (χ0) is 29.5. The van der Waals surface area contributed by atoms with Crippen molar-refractivity contribution in [3.05, 3.63) is 152 Å². The fraction of sp³-hybridized carbons (Fsp3) is 0. The zero-order valence-corrected chi connectivity index (χ0v) is 24.3. The fourth-order valence-electron chi connectivity index (χ4n) is 7.36. The van der Waals surface area contributed by atoms with Gasteiger partial charge in [-0.3, -0.25) is 4.57 Å². The molecule has 0 spiro atoms. The van der Waals surface area contributed by atoms with Crippen molar-refractivity contribution in [1.29, 1.82) is 0 Å². The van der Waals surface area contributed by atoms with Crippen LogP contribution in [0.25, 0.3) is 93.0 Å². The first-order valence-electron chi connectivity index (χ1n) is 15.4. The third kappa shape index (κ3) is 3.46. The monoisotopic (exact) mass is 571 g/mol. The SMILES string of the molecule is c1ccc(-c2nc(-n3c4ccccc4c4c5ccc6ccc7ccccc7c6c5ccc43)nc3c2ccc2ccccc23)cc1. The summed E-state index contributed by atoms with van der Waals surface area (Å²) >= 11 is 0. The molecule has 0 radical (unpaired) electrons. The van der Waals surface area contributed by atoms with Crippen molar-refractivity contribution >= 4 is 75.8 Å². The lowest BCUT2D eigenvalue weighted by molar-refractivity contribution is 1.02. The minimum Gasteiger partial charge on any atom is -0.278 e. The Kier molecular flexibility index (Phi) is 5.00. The van der Waals surface area contributed by atoms with E-state index in [2.05, 4.69) is 150 Å². The second-order valence-electron chi connectivity index (χ2n) is 11.8. The summed E-state index contributed by atoms with van der Waals surface area (Å²) in [5.41, 5.74) is 5.16. The number of benzene rings is 8. The third-order valence-electron chi connectivity index (χ3n) is 9.37.